The Hall–Kier alpha value is -2.41. The summed E-state index contributed by atoms with van der Waals surface area (Å²) in [6.07, 6.45) is 1.48. The third-order valence-electron chi connectivity index (χ3n) is 3.52. The van der Waals surface area contributed by atoms with Gasteiger partial charge in [-0.05, 0) is 31.2 Å². The highest BCUT2D eigenvalue weighted by Gasteiger charge is 2.16. The van der Waals surface area contributed by atoms with E-state index < -0.39 is 5.97 Å². The van der Waals surface area contributed by atoms with Crippen LogP contribution in [0, 0.1) is 0 Å². The number of rotatable bonds is 4. The van der Waals surface area contributed by atoms with Crippen molar-refractivity contribution >= 4 is 49.7 Å². The molecule has 0 aliphatic rings. The highest BCUT2D eigenvalue weighted by atomic mass is 79.9. The molecule has 1 aromatic carbocycles. The Morgan fingerprint density at radius 1 is 1.26 bits per heavy atom. The molecule has 0 spiro atoms. The topological polar surface area (TPSA) is 81.4 Å². The second kappa shape index (κ2) is 6.00. The Kier molecular flexibility index (Phi) is 4.04. The number of nitrogens with zero attached hydrogens (tertiary/aromatic N) is 2. The number of benzene rings is 1. The van der Waals surface area contributed by atoms with Gasteiger partial charge in [0.1, 0.15) is 12.2 Å². The van der Waals surface area contributed by atoms with Crippen LogP contribution in [-0.4, -0.2) is 33.2 Å². The van der Waals surface area contributed by atoms with Gasteiger partial charge in [-0.2, -0.15) is 0 Å². The lowest BCUT2D eigenvalue weighted by atomic mass is 10.1. The first-order valence-corrected chi connectivity index (χ1v) is 7.77. The number of esters is 1. The van der Waals surface area contributed by atoms with Gasteiger partial charge in [-0.25, -0.2) is 9.78 Å². The normalized spacial score (nSPS) is 11.0. The summed E-state index contributed by atoms with van der Waals surface area (Å²) in [7, 11) is 0. The summed E-state index contributed by atoms with van der Waals surface area (Å²) in [6, 6.07) is 7.16. The molecule has 1 N–H and O–H groups in total. The maximum atomic E-state index is 11.9. The van der Waals surface area contributed by atoms with E-state index in [1.807, 2.05) is 18.2 Å². The minimum atomic E-state index is -1.09. The van der Waals surface area contributed by atoms with Crippen LogP contribution >= 0.6 is 15.9 Å². The number of carbonyl (C=O) groups is 2. The maximum absolute atomic E-state index is 11.9. The summed E-state index contributed by atoms with van der Waals surface area (Å²) in [5.74, 6) is -1.44. The Bertz CT molecular complexity index is 933. The number of ether oxygens (including phenoxy) is 1. The lowest BCUT2D eigenvalue weighted by molar-refractivity contribution is -0.143. The Balaban J connectivity index is 2.28. The summed E-state index contributed by atoms with van der Waals surface area (Å²) >= 11 is 3.42. The van der Waals surface area contributed by atoms with Crippen molar-refractivity contribution in [2.75, 3.05) is 6.61 Å². The molecule has 0 fully saturated rings. The predicted octanol–water partition coefficient (Wildman–Crippen LogP) is 3.21. The maximum Gasteiger partial charge on any atom is 0.354 e. The molecule has 23 heavy (non-hydrogen) atoms. The number of fused-ring (bicyclic) bond motifs is 3. The molecular formula is C16H13BrN2O4. The fourth-order valence-corrected chi connectivity index (χ4v) is 2.95. The monoisotopic (exact) mass is 376 g/mol. The van der Waals surface area contributed by atoms with Crippen molar-refractivity contribution in [1.29, 1.82) is 0 Å². The number of carboxylic acids is 1. The average molecular weight is 377 g/mol. The van der Waals surface area contributed by atoms with Crippen molar-refractivity contribution in [3.63, 3.8) is 0 Å². The number of pyridine rings is 1. The third-order valence-corrected chi connectivity index (χ3v) is 4.02. The highest BCUT2D eigenvalue weighted by molar-refractivity contribution is 9.10. The minimum Gasteiger partial charge on any atom is -0.477 e. The second-order valence-corrected chi connectivity index (χ2v) is 5.86. The molecule has 2 heterocycles. The van der Waals surface area contributed by atoms with Gasteiger partial charge in [0.25, 0.3) is 0 Å². The molecule has 0 radical (unpaired) electrons. The molecule has 0 aliphatic carbocycles. The van der Waals surface area contributed by atoms with E-state index >= 15 is 0 Å². The smallest absolute Gasteiger partial charge is 0.354 e. The van der Waals surface area contributed by atoms with Gasteiger partial charge in [0.05, 0.1) is 18.3 Å². The molecule has 2 aromatic heterocycles. The van der Waals surface area contributed by atoms with E-state index in [9.17, 15) is 9.59 Å². The molecule has 0 atom stereocenters. The largest absolute Gasteiger partial charge is 0.477 e. The highest BCUT2D eigenvalue weighted by Crippen LogP contribution is 2.31. The van der Waals surface area contributed by atoms with E-state index in [2.05, 4.69) is 20.9 Å². The van der Waals surface area contributed by atoms with Gasteiger partial charge in [-0.15, -0.1) is 0 Å². The van der Waals surface area contributed by atoms with Crippen molar-refractivity contribution < 1.29 is 19.4 Å². The van der Waals surface area contributed by atoms with Crippen LogP contribution in [-0.2, 0) is 16.1 Å². The molecular weight excluding hydrogens is 364 g/mol. The van der Waals surface area contributed by atoms with Crippen LogP contribution in [0.4, 0.5) is 0 Å². The fourth-order valence-electron chi connectivity index (χ4n) is 2.59. The summed E-state index contributed by atoms with van der Waals surface area (Å²) in [5.41, 5.74) is 1.48. The van der Waals surface area contributed by atoms with E-state index in [-0.39, 0.29) is 18.2 Å². The Morgan fingerprint density at radius 2 is 2.00 bits per heavy atom. The molecule has 0 amide bonds. The quantitative estimate of drug-likeness (QED) is 0.707. The second-order valence-electron chi connectivity index (χ2n) is 4.94. The van der Waals surface area contributed by atoms with Crippen LogP contribution in [0.1, 0.15) is 17.4 Å². The van der Waals surface area contributed by atoms with Gasteiger partial charge in [-0.1, -0.05) is 15.9 Å². The summed E-state index contributed by atoms with van der Waals surface area (Å²) in [6.45, 7) is 2.11. The van der Waals surface area contributed by atoms with Crippen molar-refractivity contribution in [1.82, 2.24) is 9.55 Å². The first-order chi connectivity index (χ1) is 11.0. The van der Waals surface area contributed by atoms with Crippen molar-refractivity contribution in [3.05, 3.63) is 40.6 Å². The van der Waals surface area contributed by atoms with Crippen LogP contribution in [0.25, 0.3) is 21.8 Å². The van der Waals surface area contributed by atoms with E-state index in [4.69, 9.17) is 9.84 Å². The summed E-state index contributed by atoms with van der Waals surface area (Å²) < 4.78 is 7.67. The van der Waals surface area contributed by atoms with E-state index in [0.717, 1.165) is 20.8 Å². The van der Waals surface area contributed by atoms with E-state index in [0.29, 0.717) is 12.1 Å². The minimum absolute atomic E-state index is 0.0346. The van der Waals surface area contributed by atoms with Crippen LogP contribution < -0.4 is 0 Å². The van der Waals surface area contributed by atoms with Crippen molar-refractivity contribution in [3.8, 4) is 0 Å². The number of aromatic carboxylic acids is 1. The lowest BCUT2D eigenvalue weighted by Crippen LogP contribution is -2.13. The van der Waals surface area contributed by atoms with Crippen molar-refractivity contribution in [2.24, 2.45) is 0 Å². The number of hydrogen-bond acceptors (Lipinski definition) is 4. The Morgan fingerprint density at radius 3 is 2.70 bits per heavy atom. The molecule has 0 saturated carbocycles. The first kappa shape index (κ1) is 15.5. The standard InChI is InChI=1S/C16H13BrN2O4/c1-2-23-15(20)8-19-13-4-3-9(17)5-10(13)11-6-12(16(21)22)18-7-14(11)19/h3-7H,2,8H2,1H3,(H,21,22). The lowest BCUT2D eigenvalue weighted by Gasteiger charge is -2.06. The van der Waals surface area contributed by atoms with E-state index in [1.54, 1.807) is 11.5 Å². The molecule has 3 rings (SSSR count). The zero-order chi connectivity index (χ0) is 16.6. The molecule has 0 aliphatic heterocycles. The molecule has 0 unspecified atom stereocenters. The van der Waals surface area contributed by atoms with Gasteiger partial charge in [0, 0.05) is 20.8 Å². The van der Waals surface area contributed by atoms with Crippen LogP contribution in [0.15, 0.2) is 34.9 Å². The summed E-state index contributed by atoms with van der Waals surface area (Å²) in [5, 5.41) is 10.7. The number of aromatic nitrogens is 2. The molecule has 118 valence electrons. The Labute approximate surface area is 139 Å². The number of hydrogen-bond donors (Lipinski definition) is 1. The van der Waals surface area contributed by atoms with Crippen LogP contribution in [0.5, 0.6) is 0 Å². The van der Waals surface area contributed by atoms with Gasteiger partial charge in [0.2, 0.25) is 0 Å². The molecule has 6 nitrogen and oxygen atoms in total. The van der Waals surface area contributed by atoms with Gasteiger partial charge >= 0.3 is 11.9 Å². The van der Waals surface area contributed by atoms with Gasteiger partial charge in [-0.3, -0.25) is 4.79 Å². The number of carboxylic acid groups (broad SMARTS) is 1. The third kappa shape index (κ3) is 2.79. The van der Waals surface area contributed by atoms with Gasteiger partial charge < -0.3 is 14.4 Å². The van der Waals surface area contributed by atoms with Crippen LogP contribution in [0.2, 0.25) is 0 Å². The molecule has 0 bridgehead atoms. The van der Waals surface area contributed by atoms with E-state index in [1.165, 1.54) is 12.3 Å². The van der Waals surface area contributed by atoms with Crippen LogP contribution in [0.3, 0.4) is 0 Å². The molecule has 0 saturated heterocycles. The number of carbonyl (C=O) groups excluding carboxylic acids is 1. The molecule has 3 aromatic rings. The zero-order valence-corrected chi connectivity index (χ0v) is 13.8. The van der Waals surface area contributed by atoms with Gasteiger partial charge in [0.15, 0.2) is 0 Å². The average Bonchev–Trinajstić information content (AvgIpc) is 2.80. The predicted molar refractivity (Wildman–Crippen MR) is 88.5 cm³/mol. The SMILES string of the molecule is CCOC(=O)Cn1c2ccc(Br)cc2c2cc(C(=O)O)ncc21. The number of halogens is 1. The summed E-state index contributed by atoms with van der Waals surface area (Å²) in [4.78, 5) is 27.0. The zero-order valence-electron chi connectivity index (χ0n) is 12.2. The van der Waals surface area contributed by atoms with Crippen molar-refractivity contribution in [2.45, 2.75) is 13.5 Å². The fraction of sp³-hybridized carbons (Fsp3) is 0.188. The first-order valence-electron chi connectivity index (χ1n) is 6.97. The molecule has 7 heteroatoms.